The van der Waals surface area contributed by atoms with Crippen LogP contribution in [0, 0.1) is 0 Å². The Balaban J connectivity index is 1.55. The van der Waals surface area contributed by atoms with Crippen molar-refractivity contribution in [2.24, 2.45) is 5.14 Å². The van der Waals surface area contributed by atoms with Crippen molar-refractivity contribution < 1.29 is 13.2 Å². The molecule has 0 spiro atoms. The highest BCUT2D eigenvalue weighted by Gasteiger charge is 2.19. The Labute approximate surface area is 213 Å². The number of para-hydroxylation sites is 1. The standard InChI is InChI=1S/C26H26N4O4S2/c1-18(24(31)28-17-20-7-3-2-4-8-20)35-26-29-23-10-6-5-9-22(23)25(32)30(26)16-15-19-11-13-21(14-12-19)36(27,33)34/h2-14,18H,15-17H2,1H3,(H,28,31)(H2,27,33,34). The minimum absolute atomic E-state index is 0.0300. The van der Waals surface area contributed by atoms with E-state index < -0.39 is 15.3 Å². The van der Waals surface area contributed by atoms with E-state index in [1.165, 1.54) is 23.9 Å². The average Bonchev–Trinajstić information content (AvgIpc) is 2.87. The van der Waals surface area contributed by atoms with Crippen LogP contribution in [0.3, 0.4) is 0 Å². The average molecular weight is 523 g/mol. The third-order valence-electron chi connectivity index (χ3n) is 5.66. The summed E-state index contributed by atoms with van der Waals surface area (Å²) in [6.45, 7) is 2.51. The molecule has 0 aliphatic carbocycles. The lowest BCUT2D eigenvalue weighted by atomic mass is 10.1. The fraction of sp³-hybridized carbons (Fsp3) is 0.192. The molecule has 1 aromatic heterocycles. The molecular weight excluding hydrogens is 496 g/mol. The Bertz CT molecular complexity index is 1540. The number of benzene rings is 3. The molecule has 8 nitrogen and oxygen atoms in total. The third-order valence-corrected chi connectivity index (χ3v) is 7.68. The number of sulfonamides is 1. The summed E-state index contributed by atoms with van der Waals surface area (Å²) in [4.78, 5) is 30.8. The zero-order chi connectivity index (χ0) is 25.7. The van der Waals surface area contributed by atoms with Gasteiger partial charge in [0.25, 0.3) is 5.56 Å². The number of nitrogens with one attached hydrogen (secondary N) is 1. The zero-order valence-electron chi connectivity index (χ0n) is 19.6. The number of hydrogen-bond acceptors (Lipinski definition) is 6. The SMILES string of the molecule is CC(Sc1nc2ccccc2c(=O)n1CCc1ccc(S(N)(=O)=O)cc1)C(=O)NCc1ccccc1. The third kappa shape index (κ3) is 6.20. The smallest absolute Gasteiger partial charge is 0.262 e. The summed E-state index contributed by atoms with van der Waals surface area (Å²) in [7, 11) is -3.78. The molecule has 0 radical (unpaired) electrons. The van der Waals surface area contributed by atoms with Crippen molar-refractivity contribution in [1.29, 1.82) is 0 Å². The van der Waals surface area contributed by atoms with Crippen molar-refractivity contribution in [3.05, 3.63) is 100 Å². The van der Waals surface area contributed by atoms with Crippen LogP contribution >= 0.6 is 11.8 Å². The molecule has 186 valence electrons. The van der Waals surface area contributed by atoms with Gasteiger partial charge < -0.3 is 5.32 Å². The maximum Gasteiger partial charge on any atom is 0.262 e. The van der Waals surface area contributed by atoms with E-state index in [0.717, 1.165) is 11.1 Å². The molecular formula is C26H26N4O4S2. The molecule has 0 aliphatic heterocycles. The molecule has 0 fully saturated rings. The van der Waals surface area contributed by atoms with Gasteiger partial charge in [0.2, 0.25) is 15.9 Å². The predicted octanol–water partition coefficient (Wildman–Crippen LogP) is 3.08. The summed E-state index contributed by atoms with van der Waals surface area (Å²) in [5, 5.41) is 8.56. The topological polar surface area (TPSA) is 124 Å². The van der Waals surface area contributed by atoms with Gasteiger partial charge in [-0.2, -0.15) is 0 Å². The number of primary sulfonamides is 1. The van der Waals surface area contributed by atoms with Gasteiger partial charge in [0.15, 0.2) is 5.16 Å². The first-order valence-corrected chi connectivity index (χ1v) is 13.7. The number of nitrogens with two attached hydrogens (primary N) is 1. The fourth-order valence-electron chi connectivity index (χ4n) is 3.66. The van der Waals surface area contributed by atoms with Crippen LogP contribution in [0.1, 0.15) is 18.1 Å². The second-order valence-corrected chi connectivity index (χ2v) is 11.1. The lowest BCUT2D eigenvalue weighted by molar-refractivity contribution is -0.120. The van der Waals surface area contributed by atoms with Crippen LogP contribution in [-0.4, -0.2) is 29.1 Å². The van der Waals surface area contributed by atoms with Crippen molar-refractivity contribution in [2.45, 2.75) is 41.7 Å². The molecule has 1 heterocycles. The highest BCUT2D eigenvalue weighted by atomic mass is 32.2. The number of carbonyl (C=O) groups excluding carboxylic acids is 1. The monoisotopic (exact) mass is 522 g/mol. The van der Waals surface area contributed by atoms with Crippen LogP contribution in [-0.2, 0) is 34.3 Å². The quantitative estimate of drug-likeness (QED) is 0.257. The highest BCUT2D eigenvalue weighted by Crippen LogP contribution is 2.23. The van der Waals surface area contributed by atoms with Gasteiger partial charge in [0, 0.05) is 13.1 Å². The van der Waals surface area contributed by atoms with Crippen molar-refractivity contribution in [2.75, 3.05) is 0 Å². The van der Waals surface area contributed by atoms with E-state index in [9.17, 15) is 18.0 Å². The highest BCUT2D eigenvalue weighted by molar-refractivity contribution is 8.00. The van der Waals surface area contributed by atoms with E-state index in [1.807, 2.05) is 36.4 Å². The van der Waals surface area contributed by atoms with E-state index in [2.05, 4.69) is 10.3 Å². The Morgan fingerprint density at radius 1 is 1.00 bits per heavy atom. The van der Waals surface area contributed by atoms with E-state index >= 15 is 0 Å². The summed E-state index contributed by atoms with van der Waals surface area (Å²) >= 11 is 1.23. The van der Waals surface area contributed by atoms with Crippen LogP contribution in [0.15, 0.2) is 93.7 Å². The van der Waals surface area contributed by atoms with Crippen molar-refractivity contribution >= 4 is 38.6 Å². The Kier molecular flexibility index (Phi) is 7.88. The van der Waals surface area contributed by atoms with Gasteiger partial charge in [-0.25, -0.2) is 18.5 Å². The van der Waals surface area contributed by atoms with Crippen LogP contribution < -0.4 is 16.0 Å². The number of aryl methyl sites for hydroxylation is 1. The summed E-state index contributed by atoms with van der Waals surface area (Å²) in [5.41, 5.74) is 2.21. The number of carbonyl (C=O) groups is 1. The number of hydrogen-bond donors (Lipinski definition) is 2. The molecule has 36 heavy (non-hydrogen) atoms. The summed E-state index contributed by atoms with van der Waals surface area (Å²) < 4.78 is 24.6. The number of nitrogens with zero attached hydrogens (tertiary/aromatic N) is 2. The van der Waals surface area contributed by atoms with Gasteiger partial charge in [-0.15, -0.1) is 0 Å². The minimum atomic E-state index is -3.78. The summed E-state index contributed by atoms with van der Waals surface area (Å²) in [6, 6.07) is 23.0. The van der Waals surface area contributed by atoms with Gasteiger partial charge in [-0.3, -0.25) is 14.2 Å². The normalized spacial score (nSPS) is 12.4. The molecule has 0 saturated heterocycles. The van der Waals surface area contributed by atoms with Gasteiger partial charge in [-0.05, 0) is 48.7 Å². The first-order chi connectivity index (χ1) is 17.2. The molecule has 4 aromatic rings. The molecule has 3 N–H and O–H groups in total. The largest absolute Gasteiger partial charge is 0.351 e. The maximum atomic E-state index is 13.3. The molecule has 1 atom stereocenters. The fourth-order valence-corrected chi connectivity index (χ4v) is 5.14. The van der Waals surface area contributed by atoms with E-state index in [4.69, 9.17) is 5.14 Å². The molecule has 1 unspecified atom stereocenters. The Morgan fingerprint density at radius 3 is 2.36 bits per heavy atom. The first-order valence-electron chi connectivity index (χ1n) is 11.3. The summed E-state index contributed by atoms with van der Waals surface area (Å²) in [5.74, 6) is -0.156. The Morgan fingerprint density at radius 2 is 1.67 bits per heavy atom. The number of fused-ring (bicyclic) bond motifs is 1. The van der Waals surface area contributed by atoms with Crippen LogP contribution in [0.25, 0.3) is 10.9 Å². The van der Waals surface area contributed by atoms with E-state index in [1.54, 1.807) is 41.8 Å². The number of amides is 1. The molecule has 4 rings (SSSR count). The lowest BCUT2D eigenvalue weighted by Crippen LogP contribution is -2.32. The first kappa shape index (κ1) is 25.6. The van der Waals surface area contributed by atoms with Gasteiger partial charge in [0.05, 0.1) is 21.0 Å². The van der Waals surface area contributed by atoms with Crippen molar-refractivity contribution in [3.63, 3.8) is 0 Å². The number of rotatable bonds is 9. The van der Waals surface area contributed by atoms with E-state index in [0.29, 0.717) is 35.6 Å². The predicted molar refractivity (Wildman–Crippen MR) is 141 cm³/mol. The van der Waals surface area contributed by atoms with Gasteiger partial charge in [0.1, 0.15) is 0 Å². The zero-order valence-corrected chi connectivity index (χ0v) is 21.3. The second kappa shape index (κ2) is 11.1. The van der Waals surface area contributed by atoms with Crippen LogP contribution in [0.2, 0.25) is 0 Å². The van der Waals surface area contributed by atoms with Crippen LogP contribution in [0.5, 0.6) is 0 Å². The van der Waals surface area contributed by atoms with Crippen LogP contribution in [0.4, 0.5) is 0 Å². The molecule has 1 amide bonds. The van der Waals surface area contributed by atoms with Gasteiger partial charge in [-0.1, -0.05) is 66.4 Å². The number of aromatic nitrogens is 2. The van der Waals surface area contributed by atoms with Gasteiger partial charge >= 0.3 is 0 Å². The van der Waals surface area contributed by atoms with Crippen molar-refractivity contribution in [3.8, 4) is 0 Å². The summed E-state index contributed by atoms with van der Waals surface area (Å²) in [6.07, 6.45) is 0.465. The maximum absolute atomic E-state index is 13.3. The molecule has 0 aliphatic rings. The lowest BCUT2D eigenvalue weighted by Gasteiger charge is -2.16. The molecule has 0 bridgehead atoms. The molecule has 10 heteroatoms. The minimum Gasteiger partial charge on any atom is -0.351 e. The second-order valence-electron chi connectivity index (χ2n) is 8.27. The van der Waals surface area contributed by atoms with Crippen molar-refractivity contribution in [1.82, 2.24) is 14.9 Å². The number of thioether (sulfide) groups is 1. The molecule has 0 saturated carbocycles. The molecule has 3 aromatic carbocycles. The van der Waals surface area contributed by atoms with E-state index in [-0.39, 0.29) is 16.4 Å². The Hall–Kier alpha value is -3.47.